The van der Waals surface area contributed by atoms with Gasteiger partial charge >= 0.3 is 12.2 Å². The van der Waals surface area contributed by atoms with Gasteiger partial charge in [0.05, 0.1) is 27.4 Å². The highest BCUT2D eigenvalue weighted by Crippen LogP contribution is 2.47. The zero-order valence-electron chi connectivity index (χ0n) is 23.1. The van der Waals surface area contributed by atoms with Gasteiger partial charge in [0.25, 0.3) is 0 Å². The van der Waals surface area contributed by atoms with E-state index in [9.17, 15) is 22.0 Å². The van der Waals surface area contributed by atoms with Crippen LogP contribution in [0.5, 0.6) is 6.01 Å². The van der Waals surface area contributed by atoms with Crippen LogP contribution in [-0.2, 0) is 6.18 Å². The monoisotopic (exact) mass is 633 g/mol. The van der Waals surface area contributed by atoms with Crippen LogP contribution in [0, 0.1) is 28.9 Å². The maximum Gasteiger partial charge on any atom is 0.417 e. The van der Waals surface area contributed by atoms with Crippen molar-refractivity contribution in [3.63, 3.8) is 0 Å². The summed E-state index contributed by atoms with van der Waals surface area (Å²) in [4.78, 5) is 16.4. The summed E-state index contributed by atoms with van der Waals surface area (Å²) in [5.74, 6) is -2.05. The molecule has 8 nitrogen and oxygen atoms in total. The highest BCUT2D eigenvalue weighted by molar-refractivity contribution is 7.22. The fraction of sp³-hybridized carbons (Fsp3) is 0.448. The van der Waals surface area contributed by atoms with Crippen LogP contribution < -0.4 is 15.4 Å². The van der Waals surface area contributed by atoms with E-state index in [1.54, 1.807) is 4.90 Å². The summed E-state index contributed by atoms with van der Waals surface area (Å²) in [6, 6.07) is 4.60. The number of hydrogen-bond acceptors (Lipinski definition) is 9. The van der Waals surface area contributed by atoms with Crippen molar-refractivity contribution in [3.05, 3.63) is 35.4 Å². The van der Waals surface area contributed by atoms with Crippen molar-refractivity contribution in [1.29, 1.82) is 5.26 Å². The molecule has 0 aliphatic carbocycles. The van der Waals surface area contributed by atoms with Gasteiger partial charge in [-0.25, -0.2) is 18.2 Å². The number of ether oxygens (including phenoxy) is 1. The minimum absolute atomic E-state index is 0.0290. The molecule has 4 aromatic rings. The molecule has 7 rings (SSSR count). The van der Waals surface area contributed by atoms with Crippen molar-refractivity contribution in [2.24, 2.45) is 5.92 Å². The number of alkyl halides is 4. The van der Waals surface area contributed by atoms with E-state index < -0.39 is 46.2 Å². The molecule has 44 heavy (non-hydrogen) atoms. The highest BCUT2D eigenvalue weighted by atomic mass is 32.1. The maximum atomic E-state index is 16.6. The first-order valence-electron chi connectivity index (χ1n) is 14.1. The van der Waals surface area contributed by atoms with Crippen molar-refractivity contribution in [2.75, 3.05) is 43.4 Å². The number of thiazole rings is 1. The normalized spacial score (nSPS) is 22.5. The number of anilines is 2. The summed E-state index contributed by atoms with van der Waals surface area (Å²) in [5, 5.41) is 8.80. The number of nitrogen functional groups attached to an aromatic ring is 1. The van der Waals surface area contributed by atoms with E-state index in [4.69, 9.17) is 15.7 Å². The third kappa shape index (κ3) is 4.66. The second-order valence-electron chi connectivity index (χ2n) is 11.7. The Bertz CT molecular complexity index is 1840. The van der Waals surface area contributed by atoms with Gasteiger partial charge in [0.2, 0.25) is 0 Å². The number of fused-ring (bicyclic) bond motifs is 3. The third-order valence-corrected chi connectivity index (χ3v) is 9.74. The van der Waals surface area contributed by atoms with E-state index in [1.807, 2.05) is 4.90 Å². The van der Waals surface area contributed by atoms with E-state index in [-0.39, 0.29) is 70.0 Å². The average molecular weight is 634 g/mol. The molecule has 3 fully saturated rings. The lowest BCUT2D eigenvalue weighted by Gasteiger charge is -2.39. The molecule has 0 bridgehead atoms. The molecule has 2 atom stereocenters. The minimum atomic E-state index is -5.02. The van der Waals surface area contributed by atoms with E-state index >= 15 is 4.39 Å². The van der Waals surface area contributed by atoms with Crippen LogP contribution in [0.3, 0.4) is 0 Å². The molecule has 0 amide bonds. The molecule has 0 spiro atoms. The first-order chi connectivity index (χ1) is 21.0. The molecule has 2 aromatic carbocycles. The maximum absolute atomic E-state index is 16.6. The lowest BCUT2D eigenvalue weighted by Crippen LogP contribution is -2.47. The van der Waals surface area contributed by atoms with Crippen LogP contribution in [0.15, 0.2) is 18.2 Å². The lowest BCUT2D eigenvalue weighted by atomic mass is 9.93. The van der Waals surface area contributed by atoms with Gasteiger partial charge in [-0.1, -0.05) is 11.3 Å². The van der Waals surface area contributed by atoms with E-state index in [0.29, 0.717) is 26.1 Å². The molecule has 3 aliphatic heterocycles. The Labute approximate surface area is 251 Å². The summed E-state index contributed by atoms with van der Waals surface area (Å²) in [5.41, 5.74) is 2.11. The third-order valence-electron chi connectivity index (χ3n) is 8.84. The Kier molecular flexibility index (Phi) is 6.78. The Morgan fingerprint density at radius 3 is 2.68 bits per heavy atom. The molecule has 0 radical (unpaired) electrons. The van der Waals surface area contributed by atoms with Crippen LogP contribution in [0.2, 0.25) is 0 Å². The van der Waals surface area contributed by atoms with Gasteiger partial charge in [-0.05, 0) is 37.6 Å². The van der Waals surface area contributed by atoms with E-state index in [0.717, 1.165) is 36.0 Å². The summed E-state index contributed by atoms with van der Waals surface area (Å²) < 4.78 is 95.2. The molecule has 3 saturated heterocycles. The van der Waals surface area contributed by atoms with Gasteiger partial charge in [0.15, 0.2) is 10.9 Å². The second kappa shape index (κ2) is 10.3. The fourth-order valence-electron chi connectivity index (χ4n) is 6.83. The quantitative estimate of drug-likeness (QED) is 0.255. The smallest absolute Gasteiger partial charge is 0.417 e. The number of nitriles is 1. The molecule has 2 aromatic heterocycles. The number of nitrogens with zero attached hydrogens (tertiary/aromatic N) is 6. The molecular formula is C29H25F6N7OS. The Hall–Kier alpha value is -3.90. The SMILES string of the molecule is N#CCC1CN(c2nc(OC[C@@]34CCCN3C[C@H](F)C4)nc3c(F)c(-c4ccc(F)c5sc(N)nc45)c(C(F)(F)F)cc23)C1. The van der Waals surface area contributed by atoms with Gasteiger partial charge < -0.3 is 15.4 Å². The van der Waals surface area contributed by atoms with Gasteiger partial charge in [-0.15, -0.1) is 0 Å². The second-order valence-corrected chi connectivity index (χ2v) is 12.7. The molecule has 3 aliphatic rings. The topological polar surface area (TPSA) is 104 Å². The van der Waals surface area contributed by atoms with Crippen molar-refractivity contribution < 1.29 is 31.1 Å². The van der Waals surface area contributed by atoms with Crippen molar-refractivity contribution in [2.45, 2.75) is 43.6 Å². The Balaban J connectivity index is 1.40. The van der Waals surface area contributed by atoms with Crippen LogP contribution in [0.4, 0.5) is 37.3 Å². The number of rotatable bonds is 6. The fourth-order valence-corrected chi connectivity index (χ4v) is 7.59. The zero-order valence-corrected chi connectivity index (χ0v) is 23.9. The van der Waals surface area contributed by atoms with Gasteiger partial charge in [-0.2, -0.15) is 28.4 Å². The van der Waals surface area contributed by atoms with E-state index in [2.05, 4.69) is 21.0 Å². The van der Waals surface area contributed by atoms with Crippen LogP contribution >= 0.6 is 11.3 Å². The highest BCUT2D eigenvalue weighted by Gasteiger charge is 2.49. The minimum Gasteiger partial charge on any atom is -0.461 e. The molecule has 15 heteroatoms. The predicted molar refractivity (Wildman–Crippen MR) is 152 cm³/mol. The number of halogens is 6. The van der Waals surface area contributed by atoms with E-state index in [1.165, 1.54) is 0 Å². The molecule has 5 heterocycles. The van der Waals surface area contributed by atoms with Gasteiger partial charge in [0, 0.05) is 54.9 Å². The number of aromatic nitrogens is 3. The number of benzene rings is 2. The summed E-state index contributed by atoms with van der Waals surface area (Å²) >= 11 is 0.742. The molecule has 0 unspecified atom stereocenters. The summed E-state index contributed by atoms with van der Waals surface area (Å²) in [6.45, 7) is 1.67. The van der Waals surface area contributed by atoms with Crippen LogP contribution in [-0.4, -0.2) is 64.3 Å². The Morgan fingerprint density at radius 2 is 1.93 bits per heavy atom. The lowest BCUT2D eigenvalue weighted by molar-refractivity contribution is -0.137. The van der Waals surface area contributed by atoms with Crippen molar-refractivity contribution in [1.82, 2.24) is 19.9 Å². The van der Waals surface area contributed by atoms with Crippen molar-refractivity contribution in [3.8, 4) is 23.2 Å². The van der Waals surface area contributed by atoms with Gasteiger partial charge in [-0.3, -0.25) is 4.90 Å². The molecule has 0 saturated carbocycles. The number of hydrogen-bond donors (Lipinski definition) is 1. The predicted octanol–water partition coefficient (Wildman–Crippen LogP) is 6.09. The molecule has 230 valence electrons. The summed E-state index contributed by atoms with van der Waals surface area (Å²) in [7, 11) is 0. The number of nitrogens with two attached hydrogens (primary N) is 1. The molecular weight excluding hydrogens is 608 g/mol. The largest absolute Gasteiger partial charge is 0.461 e. The first-order valence-corrected chi connectivity index (χ1v) is 14.9. The van der Waals surface area contributed by atoms with Crippen LogP contribution in [0.1, 0.15) is 31.2 Å². The molecule has 2 N–H and O–H groups in total. The average Bonchev–Trinajstić information content (AvgIpc) is 3.61. The van der Waals surface area contributed by atoms with Gasteiger partial charge in [0.1, 0.15) is 29.9 Å². The standard InChI is InChI=1S/C29H25F6N7OS/c30-15-9-28(5-1-7-42(28)12-15)13-43-27-39-22-17(25(40-27)41-10-14(11-41)4-6-36)8-18(29(33,34)35)20(21(22)32)16-2-3-19(31)24-23(16)38-26(37)44-24/h2-3,8,14-15H,1,4-5,7,9-13H2,(H2,37,38)/t15-,28+/m1/s1. The van der Waals surface area contributed by atoms with Crippen LogP contribution in [0.25, 0.3) is 32.2 Å². The zero-order chi connectivity index (χ0) is 31.0. The van der Waals surface area contributed by atoms with Crippen molar-refractivity contribution >= 4 is 43.4 Å². The first kappa shape index (κ1) is 28.8. The summed E-state index contributed by atoms with van der Waals surface area (Å²) in [6.07, 6.45) is -3.97. The Morgan fingerprint density at radius 1 is 1.14 bits per heavy atom.